The summed E-state index contributed by atoms with van der Waals surface area (Å²) < 4.78 is 1.73. The smallest absolute Gasteiger partial charge is 0.224 e. The summed E-state index contributed by atoms with van der Waals surface area (Å²) in [7, 11) is 0. The van der Waals surface area contributed by atoms with Crippen LogP contribution in [0.15, 0.2) is 18.5 Å². The zero-order valence-electron chi connectivity index (χ0n) is 7.83. The fraction of sp³-hybridized carbons (Fsp3) is 0.556. The van der Waals surface area contributed by atoms with Gasteiger partial charge in [-0.15, -0.1) is 0 Å². The summed E-state index contributed by atoms with van der Waals surface area (Å²) in [5, 5.41) is 13.0. The van der Waals surface area contributed by atoms with Crippen molar-refractivity contribution in [1.82, 2.24) is 14.7 Å². The minimum absolute atomic E-state index is 0.0887. The molecule has 0 unspecified atom stereocenters. The number of carbonyl (C=O) groups excluding carboxylic acids is 1. The van der Waals surface area contributed by atoms with Crippen molar-refractivity contribution in [3.63, 3.8) is 0 Å². The molecular formula is C9H13N3O2. The molecule has 5 heteroatoms. The molecule has 2 rings (SSSR count). The van der Waals surface area contributed by atoms with Gasteiger partial charge < -0.3 is 10.0 Å². The predicted molar refractivity (Wildman–Crippen MR) is 49.4 cm³/mol. The maximum atomic E-state index is 11.4. The molecule has 1 aliphatic rings. The van der Waals surface area contributed by atoms with Gasteiger partial charge in [-0.2, -0.15) is 5.10 Å². The Morgan fingerprint density at radius 2 is 2.36 bits per heavy atom. The number of rotatable bonds is 3. The molecule has 0 aromatic carbocycles. The van der Waals surface area contributed by atoms with Gasteiger partial charge >= 0.3 is 0 Å². The van der Waals surface area contributed by atoms with Crippen molar-refractivity contribution in [3.05, 3.63) is 18.5 Å². The zero-order valence-corrected chi connectivity index (χ0v) is 7.83. The summed E-state index contributed by atoms with van der Waals surface area (Å²) in [5.41, 5.74) is 0. The fourth-order valence-corrected chi connectivity index (χ4v) is 1.46. The third kappa shape index (κ3) is 1.93. The molecule has 1 aliphatic heterocycles. The van der Waals surface area contributed by atoms with Crippen LogP contribution in [0.5, 0.6) is 0 Å². The Morgan fingerprint density at radius 1 is 1.57 bits per heavy atom. The van der Waals surface area contributed by atoms with E-state index in [1.165, 1.54) is 0 Å². The summed E-state index contributed by atoms with van der Waals surface area (Å²) in [4.78, 5) is 13.1. The van der Waals surface area contributed by atoms with Gasteiger partial charge in [0.1, 0.15) is 0 Å². The van der Waals surface area contributed by atoms with Gasteiger partial charge in [-0.3, -0.25) is 9.48 Å². The number of amides is 1. The standard InChI is InChI=1S/C9H13N3O2/c13-8-6-11(7-8)9(14)2-5-12-4-1-3-10-12/h1,3-4,8,13H,2,5-7H2. The quantitative estimate of drug-likeness (QED) is 0.705. The lowest BCUT2D eigenvalue weighted by atomic mass is 10.1. The Hall–Kier alpha value is -1.36. The van der Waals surface area contributed by atoms with Gasteiger partial charge in [-0.1, -0.05) is 0 Å². The molecule has 0 saturated carbocycles. The molecule has 0 spiro atoms. The monoisotopic (exact) mass is 195 g/mol. The van der Waals surface area contributed by atoms with Gasteiger partial charge in [-0.05, 0) is 6.07 Å². The van der Waals surface area contributed by atoms with Crippen molar-refractivity contribution in [3.8, 4) is 0 Å². The van der Waals surface area contributed by atoms with E-state index in [0.29, 0.717) is 26.1 Å². The third-order valence-electron chi connectivity index (χ3n) is 2.33. The Morgan fingerprint density at radius 3 is 2.93 bits per heavy atom. The molecule has 0 atom stereocenters. The number of aryl methyl sites for hydroxylation is 1. The van der Waals surface area contributed by atoms with Crippen LogP contribution >= 0.6 is 0 Å². The van der Waals surface area contributed by atoms with Crippen LogP contribution in [0.2, 0.25) is 0 Å². The van der Waals surface area contributed by atoms with Crippen molar-refractivity contribution in [1.29, 1.82) is 0 Å². The third-order valence-corrected chi connectivity index (χ3v) is 2.33. The Bertz CT molecular complexity index is 304. The van der Waals surface area contributed by atoms with Crippen molar-refractivity contribution >= 4 is 5.91 Å². The number of hydrogen-bond donors (Lipinski definition) is 1. The lowest BCUT2D eigenvalue weighted by molar-refractivity contribution is -0.141. The van der Waals surface area contributed by atoms with Gasteiger partial charge in [0.15, 0.2) is 0 Å². The van der Waals surface area contributed by atoms with Crippen LogP contribution in [0.1, 0.15) is 6.42 Å². The maximum Gasteiger partial charge on any atom is 0.224 e. The predicted octanol–water partition coefficient (Wildman–Crippen LogP) is -0.524. The molecule has 1 aromatic heterocycles. The van der Waals surface area contributed by atoms with E-state index in [1.807, 2.05) is 12.3 Å². The molecular weight excluding hydrogens is 182 g/mol. The first-order valence-electron chi connectivity index (χ1n) is 4.69. The molecule has 1 aromatic rings. The number of β-amino-alcohol motifs (C(OH)–C–C–N with tert-alkyl or cyclic N) is 1. The molecule has 76 valence electrons. The molecule has 1 N–H and O–H groups in total. The number of carbonyl (C=O) groups is 1. The van der Waals surface area contributed by atoms with Crippen molar-refractivity contribution < 1.29 is 9.90 Å². The van der Waals surface area contributed by atoms with Crippen molar-refractivity contribution in [2.75, 3.05) is 13.1 Å². The maximum absolute atomic E-state index is 11.4. The van der Waals surface area contributed by atoms with Crippen LogP contribution in [-0.2, 0) is 11.3 Å². The van der Waals surface area contributed by atoms with Crippen LogP contribution in [0, 0.1) is 0 Å². The molecule has 0 aliphatic carbocycles. The zero-order chi connectivity index (χ0) is 9.97. The largest absolute Gasteiger partial charge is 0.389 e. The summed E-state index contributed by atoms with van der Waals surface area (Å²) in [6.45, 7) is 1.58. The Labute approximate surface area is 81.9 Å². The number of likely N-dealkylation sites (tertiary alicyclic amines) is 1. The molecule has 0 radical (unpaired) electrons. The molecule has 14 heavy (non-hydrogen) atoms. The van der Waals surface area contributed by atoms with Crippen molar-refractivity contribution in [2.24, 2.45) is 0 Å². The minimum atomic E-state index is -0.316. The lowest BCUT2D eigenvalue weighted by Crippen LogP contribution is -2.53. The molecule has 5 nitrogen and oxygen atoms in total. The summed E-state index contributed by atoms with van der Waals surface area (Å²) in [5.74, 6) is 0.0887. The molecule has 1 fully saturated rings. The Kier molecular flexibility index (Phi) is 2.49. The van der Waals surface area contributed by atoms with Gasteiger partial charge in [0.05, 0.1) is 6.10 Å². The van der Waals surface area contributed by atoms with E-state index >= 15 is 0 Å². The number of aliphatic hydroxyl groups excluding tert-OH is 1. The second kappa shape index (κ2) is 3.79. The van der Waals surface area contributed by atoms with Crippen LogP contribution in [0.3, 0.4) is 0 Å². The Balaban J connectivity index is 1.73. The van der Waals surface area contributed by atoms with Gasteiger partial charge in [0, 0.05) is 38.4 Å². The average molecular weight is 195 g/mol. The van der Waals surface area contributed by atoms with Gasteiger partial charge in [-0.25, -0.2) is 0 Å². The topological polar surface area (TPSA) is 58.4 Å². The molecule has 1 saturated heterocycles. The highest BCUT2D eigenvalue weighted by Gasteiger charge is 2.27. The first-order valence-corrected chi connectivity index (χ1v) is 4.69. The number of hydrogen-bond acceptors (Lipinski definition) is 3. The first-order chi connectivity index (χ1) is 6.75. The van der Waals surface area contributed by atoms with E-state index in [2.05, 4.69) is 5.10 Å². The second-order valence-corrected chi connectivity index (χ2v) is 3.47. The van der Waals surface area contributed by atoms with Gasteiger partial charge in [0.25, 0.3) is 0 Å². The van der Waals surface area contributed by atoms with Crippen LogP contribution in [-0.4, -0.2) is 44.9 Å². The molecule has 0 bridgehead atoms. The lowest BCUT2D eigenvalue weighted by Gasteiger charge is -2.35. The highest BCUT2D eigenvalue weighted by molar-refractivity contribution is 5.77. The van der Waals surface area contributed by atoms with Crippen LogP contribution in [0.4, 0.5) is 0 Å². The van der Waals surface area contributed by atoms with Crippen LogP contribution < -0.4 is 0 Å². The number of aromatic nitrogens is 2. The van der Waals surface area contributed by atoms with Crippen molar-refractivity contribution in [2.45, 2.75) is 19.1 Å². The van der Waals surface area contributed by atoms with E-state index in [-0.39, 0.29) is 12.0 Å². The fourth-order valence-electron chi connectivity index (χ4n) is 1.46. The summed E-state index contributed by atoms with van der Waals surface area (Å²) >= 11 is 0. The summed E-state index contributed by atoms with van der Waals surface area (Å²) in [6.07, 6.45) is 3.66. The molecule has 2 heterocycles. The first kappa shape index (κ1) is 9.21. The van der Waals surface area contributed by atoms with E-state index in [9.17, 15) is 4.79 Å². The van der Waals surface area contributed by atoms with E-state index < -0.39 is 0 Å². The number of aliphatic hydroxyl groups is 1. The van der Waals surface area contributed by atoms with Gasteiger partial charge in [0.2, 0.25) is 5.91 Å². The number of nitrogens with zero attached hydrogens (tertiary/aromatic N) is 3. The van der Waals surface area contributed by atoms with E-state index in [4.69, 9.17) is 5.11 Å². The summed E-state index contributed by atoms with van der Waals surface area (Å²) in [6, 6.07) is 1.83. The highest BCUT2D eigenvalue weighted by Crippen LogP contribution is 2.09. The van der Waals surface area contributed by atoms with Crippen LogP contribution in [0.25, 0.3) is 0 Å². The van der Waals surface area contributed by atoms with E-state index in [0.717, 1.165) is 0 Å². The normalized spacial score (nSPS) is 16.8. The minimum Gasteiger partial charge on any atom is -0.389 e. The average Bonchev–Trinajstić information content (AvgIpc) is 2.61. The highest BCUT2D eigenvalue weighted by atomic mass is 16.3. The second-order valence-electron chi connectivity index (χ2n) is 3.47. The molecule has 1 amide bonds. The SMILES string of the molecule is O=C(CCn1cccn1)N1CC(O)C1. The van der Waals surface area contributed by atoms with E-state index in [1.54, 1.807) is 15.8 Å².